The van der Waals surface area contributed by atoms with E-state index in [0.717, 1.165) is 54.6 Å². The van der Waals surface area contributed by atoms with Crippen LogP contribution in [-0.4, -0.2) is 37.1 Å². The zero-order valence-corrected chi connectivity index (χ0v) is 21.6. The molecular formula is C28H30ClN7O. The predicted octanol–water partition coefficient (Wildman–Crippen LogP) is 5.14. The molecule has 0 amide bonds. The summed E-state index contributed by atoms with van der Waals surface area (Å²) in [5.74, 6) is 1.26. The molecule has 1 aromatic carbocycles. The fraction of sp³-hybridized carbons (Fsp3) is 0.393. The van der Waals surface area contributed by atoms with Gasteiger partial charge in [-0.05, 0) is 63.5 Å². The average molecular weight is 516 g/mol. The van der Waals surface area contributed by atoms with Crippen molar-refractivity contribution in [3.63, 3.8) is 0 Å². The van der Waals surface area contributed by atoms with Gasteiger partial charge in [-0.3, -0.25) is 14.3 Å². The molecule has 2 fully saturated rings. The number of pyridine rings is 1. The smallest absolute Gasteiger partial charge is 0.260 e. The fourth-order valence-electron chi connectivity index (χ4n) is 5.15. The summed E-state index contributed by atoms with van der Waals surface area (Å²) in [6, 6.07) is 7.73. The highest BCUT2D eigenvalue weighted by Gasteiger charge is 2.26. The predicted molar refractivity (Wildman–Crippen MR) is 147 cm³/mol. The van der Waals surface area contributed by atoms with Crippen LogP contribution in [0.3, 0.4) is 0 Å². The Morgan fingerprint density at radius 1 is 1.03 bits per heavy atom. The number of anilines is 1. The van der Waals surface area contributed by atoms with Gasteiger partial charge < -0.3 is 11.1 Å². The maximum absolute atomic E-state index is 14.1. The van der Waals surface area contributed by atoms with Crippen LogP contribution >= 0.6 is 11.6 Å². The molecule has 2 saturated carbocycles. The molecule has 0 atom stereocenters. The first-order chi connectivity index (χ1) is 18.0. The van der Waals surface area contributed by atoms with Crippen molar-refractivity contribution in [1.82, 2.24) is 24.5 Å². The van der Waals surface area contributed by atoms with Crippen LogP contribution in [0.25, 0.3) is 33.4 Å². The van der Waals surface area contributed by atoms with Crippen molar-refractivity contribution in [3.05, 3.63) is 63.9 Å². The summed E-state index contributed by atoms with van der Waals surface area (Å²) in [7, 11) is 0. The number of hydrogen-bond acceptors (Lipinski definition) is 7. The third kappa shape index (κ3) is 4.95. The Labute approximate surface area is 220 Å². The monoisotopic (exact) mass is 515 g/mol. The standard InChI is InChI=1S/C28H30ClN7O/c1-16-12-31-15-25(34-16)18-4-9-22(24(29)11-18)23-10-19-14-33-28(32-13-17-2-3-17)35-26(19)36(27(23)37)21-7-5-20(30)6-8-21/h4,9-12,14-15,17,20-21H,2-3,5-8,13,30H2,1H3,(H,32,33,35). The summed E-state index contributed by atoms with van der Waals surface area (Å²) in [6.07, 6.45) is 11.2. The lowest BCUT2D eigenvalue weighted by molar-refractivity contribution is 0.324. The Hall–Kier alpha value is -3.36. The second-order valence-corrected chi connectivity index (χ2v) is 10.7. The molecule has 0 unspecified atom stereocenters. The van der Waals surface area contributed by atoms with E-state index < -0.39 is 0 Å². The second-order valence-electron chi connectivity index (χ2n) is 10.3. The Kier molecular flexibility index (Phi) is 6.38. The SMILES string of the molecule is Cc1cncc(-c2ccc(-c3cc4cnc(NCC5CC5)nc4n(C4CCC(N)CC4)c3=O)c(Cl)c2)n1. The van der Waals surface area contributed by atoms with E-state index in [1.807, 2.05) is 35.8 Å². The van der Waals surface area contributed by atoms with Gasteiger partial charge in [0.1, 0.15) is 5.65 Å². The van der Waals surface area contributed by atoms with E-state index in [1.54, 1.807) is 18.6 Å². The highest BCUT2D eigenvalue weighted by atomic mass is 35.5. The molecule has 3 heterocycles. The molecule has 2 aliphatic carbocycles. The van der Waals surface area contributed by atoms with Crippen molar-refractivity contribution in [2.45, 2.75) is 57.5 Å². The van der Waals surface area contributed by atoms with Crippen LogP contribution in [0.1, 0.15) is 50.3 Å². The van der Waals surface area contributed by atoms with Gasteiger partial charge in [-0.1, -0.05) is 23.7 Å². The first-order valence-corrected chi connectivity index (χ1v) is 13.3. The Bertz CT molecular complexity index is 1520. The lowest BCUT2D eigenvalue weighted by Gasteiger charge is -2.29. The van der Waals surface area contributed by atoms with Crippen molar-refractivity contribution in [3.8, 4) is 22.4 Å². The van der Waals surface area contributed by atoms with Crippen LogP contribution in [0.4, 0.5) is 5.95 Å². The number of nitrogens with zero attached hydrogens (tertiary/aromatic N) is 5. The maximum atomic E-state index is 14.1. The van der Waals surface area contributed by atoms with Gasteiger partial charge in [0.25, 0.3) is 5.56 Å². The number of rotatable bonds is 6. The van der Waals surface area contributed by atoms with Crippen LogP contribution in [0.2, 0.25) is 5.02 Å². The molecular weight excluding hydrogens is 486 g/mol. The van der Waals surface area contributed by atoms with Gasteiger partial charge in [0.15, 0.2) is 0 Å². The van der Waals surface area contributed by atoms with Crippen LogP contribution in [-0.2, 0) is 0 Å². The van der Waals surface area contributed by atoms with Crippen LogP contribution < -0.4 is 16.6 Å². The number of hydrogen-bond donors (Lipinski definition) is 2. The minimum absolute atomic E-state index is 0.0292. The first kappa shape index (κ1) is 24.0. The normalized spacial score (nSPS) is 19.8. The Morgan fingerprint density at radius 3 is 2.57 bits per heavy atom. The molecule has 0 aliphatic heterocycles. The number of fused-ring (bicyclic) bond motifs is 1. The van der Waals surface area contributed by atoms with Crippen molar-refractivity contribution < 1.29 is 0 Å². The molecule has 4 aromatic rings. The molecule has 3 aromatic heterocycles. The minimum Gasteiger partial charge on any atom is -0.354 e. The van der Waals surface area contributed by atoms with Gasteiger partial charge in [0, 0.05) is 58.1 Å². The van der Waals surface area contributed by atoms with Gasteiger partial charge in [-0.15, -0.1) is 0 Å². The second kappa shape index (κ2) is 9.84. The highest BCUT2D eigenvalue weighted by molar-refractivity contribution is 6.33. The van der Waals surface area contributed by atoms with Crippen LogP contribution in [0, 0.1) is 12.8 Å². The molecule has 2 aliphatic rings. The Morgan fingerprint density at radius 2 is 1.84 bits per heavy atom. The Balaban J connectivity index is 1.45. The average Bonchev–Trinajstić information content (AvgIpc) is 3.73. The number of nitrogens with one attached hydrogen (secondary N) is 1. The van der Waals surface area contributed by atoms with Crippen molar-refractivity contribution in [2.24, 2.45) is 11.7 Å². The van der Waals surface area contributed by atoms with E-state index in [4.69, 9.17) is 22.3 Å². The molecule has 9 heteroatoms. The van der Waals surface area contributed by atoms with Crippen molar-refractivity contribution in [2.75, 3.05) is 11.9 Å². The van der Waals surface area contributed by atoms with Gasteiger partial charge >= 0.3 is 0 Å². The number of aromatic nitrogens is 5. The van der Waals surface area contributed by atoms with E-state index in [-0.39, 0.29) is 17.6 Å². The summed E-state index contributed by atoms with van der Waals surface area (Å²) in [5.41, 5.74) is 10.4. The lowest BCUT2D eigenvalue weighted by Crippen LogP contribution is -2.33. The van der Waals surface area contributed by atoms with E-state index in [1.165, 1.54) is 12.8 Å². The van der Waals surface area contributed by atoms with Crippen molar-refractivity contribution >= 4 is 28.6 Å². The highest BCUT2D eigenvalue weighted by Crippen LogP contribution is 2.34. The molecule has 190 valence electrons. The largest absolute Gasteiger partial charge is 0.354 e. The topological polar surface area (TPSA) is 112 Å². The van der Waals surface area contributed by atoms with Crippen LogP contribution in [0.15, 0.2) is 47.7 Å². The number of nitrogens with two attached hydrogens (primary N) is 1. The van der Waals surface area contributed by atoms with Gasteiger partial charge in [0.2, 0.25) is 5.95 Å². The maximum Gasteiger partial charge on any atom is 0.260 e. The molecule has 6 rings (SSSR count). The van der Waals surface area contributed by atoms with Crippen molar-refractivity contribution in [1.29, 1.82) is 0 Å². The summed E-state index contributed by atoms with van der Waals surface area (Å²) in [5, 5.41) is 4.64. The van der Waals surface area contributed by atoms with Gasteiger partial charge in [-0.25, -0.2) is 9.97 Å². The number of halogens is 1. The first-order valence-electron chi connectivity index (χ1n) is 13.0. The molecule has 37 heavy (non-hydrogen) atoms. The molecule has 0 bridgehead atoms. The molecule has 8 nitrogen and oxygen atoms in total. The number of aryl methyl sites for hydroxylation is 1. The quantitative estimate of drug-likeness (QED) is 0.365. The minimum atomic E-state index is -0.0928. The fourth-order valence-corrected chi connectivity index (χ4v) is 5.43. The summed E-state index contributed by atoms with van der Waals surface area (Å²) in [6.45, 7) is 2.76. The van der Waals surface area contributed by atoms with E-state index in [9.17, 15) is 4.79 Å². The zero-order chi connectivity index (χ0) is 25.5. The van der Waals surface area contributed by atoms with Gasteiger partial charge in [-0.2, -0.15) is 4.98 Å². The third-order valence-corrected chi connectivity index (χ3v) is 7.75. The van der Waals surface area contributed by atoms with E-state index in [0.29, 0.717) is 33.7 Å². The third-order valence-electron chi connectivity index (χ3n) is 7.44. The van der Waals surface area contributed by atoms with E-state index in [2.05, 4.69) is 20.3 Å². The molecule has 0 radical (unpaired) electrons. The molecule has 0 saturated heterocycles. The number of benzene rings is 1. The molecule has 3 N–H and O–H groups in total. The summed E-state index contributed by atoms with van der Waals surface area (Å²) < 4.78 is 1.86. The lowest BCUT2D eigenvalue weighted by atomic mass is 9.91. The summed E-state index contributed by atoms with van der Waals surface area (Å²) >= 11 is 6.78. The zero-order valence-electron chi connectivity index (χ0n) is 20.8. The van der Waals surface area contributed by atoms with Crippen LogP contribution in [0.5, 0.6) is 0 Å². The van der Waals surface area contributed by atoms with E-state index >= 15 is 0 Å². The summed E-state index contributed by atoms with van der Waals surface area (Å²) in [4.78, 5) is 32.2. The van der Waals surface area contributed by atoms with Gasteiger partial charge in [0.05, 0.1) is 17.6 Å². The molecule has 0 spiro atoms.